The second-order valence-electron chi connectivity index (χ2n) is 4.69. The molecule has 0 bridgehead atoms. The Morgan fingerprint density at radius 3 is 1.25 bits per heavy atom. The van der Waals surface area contributed by atoms with Crippen molar-refractivity contribution in [1.82, 2.24) is 0 Å². The van der Waals surface area contributed by atoms with Crippen LogP contribution in [-0.2, 0) is 0 Å². The molecule has 0 radical (unpaired) electrons. The van der Waals surface area contributed by atoms with Crippen molar-refractivity contribution in [1.29, 1.82) is 0 Å². The molecule has 0 aromatic heterocycles. The Morgan fingerprint density at radius 1 is 0.750 bits per heavy atom. The number of alkyl halides is 1. The van der Waals surface area contributed by atoms with Crippen molar-refractivity contribution in [2.75, 3.05) is 25.1 Å². The van der Waals surface area contributed by atoms with Crippen LogP contribution in [0.2, 0.25) is 0 Å². The summed E-state index contributed by atoms with van der Waals surface area (Å²) >= 11 is 3.74. The van der Waals surface area contributed by atoms with Gasteiger partial charge in [-0.05, 0) is 35.2 Å². The summed E-state index contributed by atoms with van der Waals surface area (Å²) in [6, 6.07) is 0. The molecule has 0 fully saturated rings. The topological polar surface area (TPSA) is 0 Å². The van der Waals surface area contributed by atoms with Gasteiger partial charge in [-0.2, -0.15) is 0 Å². The van der Waals surface area contributed by atoms with Gasteiger partial charge in [-0.25, -0.2) is 0 Å². The van der Waals surface area contributed by atoms with E-state index in [9.17, 15) is 0 Å². The van der Waals surface area contributed by atoms with Crippen LogP contribution < -0.4 is 17.0 Å². The van der Waals surface area contributed by atoms with Gasteiger partial charge in [-0.1, -0.05) is 40.0 Å². The summed E-state index contributed by atoms with van der Waals surface area (Å²) in [5.74, 6) is 0. The molecule has 0 rings (SSSR count). The van der Waals surface area contributed by atoms with Crippen LogP contribution >= 0.6 is 15.9 Å². The van der Waals surface area contributed by atoms with Gasteiger partial charge in [-0.3, -0.25) is 0 Å². The first-order valence-corrected chi connectivity index (χ1v) is 7.77. The lowest BCUT2D eigenvalue weighted by Crippen LogP contribution is -3.00. The molecule has 16 heavy (non-hydrogen) atoms. The molecule has 3 heteroatoms. The molecule has 0 spiro atoms. The van der Waals surface area contributed by atoms with Gasteiger partial charge in [0.1, 0.15) is 5.45 Å². The first-order chi connectivity index (χ1) is 7.24. The number of nitrogens with zero attached hydrogens (tertiary/aromatic N) is 1. The molecule has 100 valence electrons. The molecular weight excluding hydrogens is 330 g/mol. The highest BCUT2D eigenvalue weighted by molar-refractivity contribution is 9.09. The number of halogens is 2. The maximum absolute atomic E-state index is 3.74. The number of hydrogen-bond acceptors (Lipinski definition) is 0. The van der Waals surface area contributed by atoms with Gasteiger partial charge in [0.2, 0.25) is 0 Å². The van der Waals surface area contributed by atoms with Crippen LogP contribution in [0.4, 0.5) is 0 Å². The molecule has 0 saturated carbocycles. The van der Waals surface area contributed by atoms with Crippen LogP contribution in [0.15, 0.2) is 0 Å². The molecule has 0 N–H and O–H groups in total. The van der Waals surface area contributed by atoms with E-state index in [4.69, 9.17) is 0 Å². The van der Waals surface area contributed by atoms with Crippen molar-refractivity contribution in [3.63, 3.8) is 0 Å². The fourth-order valence-electron chi connectivity index (χ4n) is 2.00. The number of hydrogen-bond donors (Lipinski definition) is 0. The highest BCUT2D eigenvalue weighted by Crippen LogP contribution is 2.16. The van der Waals surface area contributed by atoms with Gasteiger partial charge >= 0.3 is 0 Å². The van der Waals surface area contributed by atoms with E-state index < -0.39 is 0 Å². The molecular formula is C13H29Br2N. The van der Waals surface area contributed by atoms with Gasteiger partial charge in [-0.15, -0.1) is 0 Å². The molecule has 1 nitrogen and oxygen atoms in total. The lowest BCUT2D eigenvalue weighted by atomic mass is 10.2. The van der Waals surface area contributed by atoms with Gasteiger partial charge in [0.15, 0.2) is 0 Å². The number of rotatable bonds is 10. The van der Waals surface area contributed by atoms with Crippen LogP contribution in [0.1, 0.15) is 59.3 Å². The molecule has 0 saturated heterocycles. The smallest absolute Gasteiger partial charge is 0.134 e. The molecule has 0 aromatic rings. The molecule has 0 amide bonds. The van der Waals surface area contributed by atoms with E-state index in [1.54, 1.807) is 0 Å². The summed E-state index contributed by atoms with van der Waals surface area (Å²) in [6.45, 7) is 11.0. The fraction of sp³-hybridized carbons (Fsp3) is 1.00. The van der Waals surface area contributed by atoms with E-state index in [0.29, 0.717) is 0 Å². The predicted octanol–water partition coefficient (Wildman–Crippen LogP) is 1.56. The van der Waals surface area contributed by atoms with E-state index in [1.165, 1.54) is 62.6 Å². The third kappa shape index (κ3) is 8.08. The second-order valence-corrected chi connectivity index (χ2v) is 5.19. The first kappa shape index (κ1) is 19.3. The zero-order valence-electron chi connectivity index (χ0n) is 11.3. The maximum Gasteiger partial charge on any atom is 0.134 e. The Morgan fingerprint density at radius 2 is 1.06 bits per heavy atom. The minimum Gasteiger partial charge on any atom is -1.00 e. The molecule has 0 aliphatic heterocycles. The lowest BCUT2D eigenvalue weighted by molar-refractivity contribution is -0.915. The predicted molar refractivity (Wildman–Crippen MR) is 73.4 cm³/mol. The van der Waals surface area contributed by atoms with Crippen LogP contribution in [0.25, 0.3) is 0 Å². The quantitative estimate of drug-likeness (QED) is 0.316. The fourth-order valence-corrected chi connectivity index (χ4v) is 2.75. The Hall–Kier alpha value is 0.920. The van der Waals surface area contributed by atoms with Crippen molar-refractivity contribution in [2.45, 2.75) is 59.3 Å². The monoisotopic (exact) mass is 357 g/mol. The van der Waals surface area contributed by atoms with E-state index in [-0.39, 0.29) is 17.0 Å². The Labute approximate surface area is 121 Å². The minimum atomic E-state index is 0. The molecule has 0 aliphatic rings. The van der Waals surface area contributed by atoms with Crippen molar-refractivity contribution in [3.05, 3.63) is 0 Å². The van der Waals surface area contributed by atoms with Crippen molar-refractivity contribution >= 4 is 15.9 Å². The first-order valence-electron chi connectivity index (χ1n) is 6.65. The average Bonchev–Trinajstić information content (AvgIpc) is 2.29. The van der Waals surface area contributed by atoms with Gasteiger partial charge in [0.05, 0.1) is 19.6 Å². The molecule has 0 heterocycles. The molecule has 0 aliphatic carbocycles. The summed E-state index contributed by atoms with van der Waals surface area (Å²) < 4.78 is 1.30. The van der Waals surface area contributed by atoms with Crippen LogP contribution in [-0.4, -0.2) is 29.6 Å². The zero-order valence-corrected chi connectivity index (χ0v) is 14.4. The zero-order chi connectivity index (χ0) is 11.6. The summed E-state index contributed by atoms with van der Waals surface area (Å²) in [6.07, 6.45) is 8.10. The van der Waals surface area contributed by atoms with E-state index in [1.807, 2.05) is 0 Å². The third-order valence-electron chi connectivity index (χ3n) is 3.21. The van der Waals surface area contributed by atoms with E-state index in [0.717, 1.165) is 5.45 Å². The van der Waals surface area contributed by atoms with Gasteiger partial charge in [0, 0.05) is 0 Å². The Kier molecular flexibility index (Phi) is 14.9. The summed E-state index contributed by atoms with van der Waals surface area (Å²) in [4.78, 5) is 0. The van der Waals surface area contributed by atoms with Crippen molar-refractivity contribution in [3.8, 4) is 0 Å². The Balaban J connectivity index is 0. The van der Waals surface area contributed by atoms with E-state index >= 15 is 0 Å². The highest BCUT2D eigenvalue weighted by Gasteiger charge is 2.23. The van der Waals surface area contributed by atoms with Crippen LogP contribution in [0, 0.1) is 0 Å². The normalized spacial score (nSPS) is 11.2. The summed E-state index contributed by atoms with van der Waals surface area (Å²) in [5.41, 5.74) is 1.15. The Bertz CT molecular complexity index is 118. The SMILES string of the molecule is CCCC[N+](CBr)(CCCC)CCCC.[Br-]. The molecule has 0 unspecified atom stereocenters. The number of quaternary nitrogens is 1. The van der Waals surface area contributed by atoms with Gasteiger partial charge < -0.3 is 21.5 Å². The lowest BCUT2D eigenvalue weighted by Gasteiger charge is -2.37. The highest BCUT2D eigenvalue weighted by atomic mass is 79.9. The standard InChI is InChI=1S/C13H29BrN.BrH/c1-4-7-10-15(13-14,11-8-5-2)12-9-6-3;/h4-13H2,1-3H3;1H/q+1;/p-1. The van der Waals surface area contributed by atoms with Gasteiger partial charge in [0.25, 0.3) is 0 Å². The van der Waals surface area contributed by atoms with Crippen LogP contribution in [0.5, 0.6) is 0 Å². The molecule has 0 atom stereocenters. The maximum atomic E-state index is 3.74. The third-order valence-corrected chi connectivity index (χ3v) is 4.28. The van der Waals surface area contributed by atoms with E-state index in [2.05, 4.69) is 36.7 Å². The molecule has 0 aromatic carbocycles. The largest absolute Gasteiger partial charge is 1.00 e. The summed E-state index contributed by atoms with van der Waals surface area (Å²) in [7, 11) is 0. The summed E-state index contributed by atoms with van der Waals surface area (Å²) in [5, 5.41) is 0. The number of unbranched alkanes of at least 4 members (excludes halogenated alkanes) is 3. The van der Waals surface area contributed by atoms with Crippen molar-refractivity contribution < 1.29 is 21.5 Å². The second kappa shape index (κ2) is 12.4. The van der Waals surface area contributed by atoms with Crippen molar-refractivity contribution in [2.24, 2.45) is 0 Å². The average molecular weight is 359 g/mol. The van der Waals surface area contributed by atoms with Crippen LogP contribution in [0.3, 0.4) is 0 Å². The minimum absolute atomic E-state index is 0.